The number of rotatable bonds is 5. The molecule has 0 radical (unpaired) electrons. The van der Waals surface area contributed by atoms with Gasteiger partial charge in [-0.3, -0.25) is 0 Å². The van der Waals surface area contributed by atoms with Gasteiger partial charge >= 0.3 is 0 Å². The molecule has 0 N–H and O–H groups in total. The highest BCUT2D eigenvalue weighted by Crippen LogP contribution is 2.64. The van der Waals surface area contributed by atoms with Crippen LogP contribution in [0, 0.1) is 5.41 Å². The molecule has 2 aliphatic rings. The second kappa shape index (κ2) is 9.59. The molecule has 3 heterocycles. The molecule has 3 atom stereocenters. The van der Waals surface area contributed by atoms with Crippen molar-refractivity contribution >= 4 is 23.0 Å². The Morgan fingerprint density at radius 2 is 1.07 bits per heavy atom. The van der Waals surface area contributed by atoms with E-state index in [1.54, 1.807) is 0 Å². The van der Waals surface area contributed by atoms with E-state index in [1.807, 2.05) is 0 Å². The number of anilines is 4. The topological polar surface area (TPSA) is 32.3 Å². The molecule has 0 aliphatic carbocycles. The normalized spacial score (nSPS) is 22.7. The number of fused-ring (bicyclic) bond motifs is 5. The van der Waals surface area contributed by atoms with Gasteiger partial charge in [0, 0.05) is 33.3 Å². The number of benzene rings is 4. The SMILES string of the molecule is CCC1(C)c2ccccc2N2c3nc(-c4ccccc4)c(-c4ccccc4)nc3N(c3ccccc3)C2C1(C)CC. The van der Waals surface area contributed by atoms with Crippen LogP contribution in [0.3, 0.4) is 0 Å². The highest BCUT2D eigenvalue weighted by Gasteiger charge is 2.61. The van der Waals surface area contributed by atoms with Gasteiger partial charge in [0.1, 0.15) is 6.17 Å². The van der Waals surface area contributed by atoms with Gasteiger partial charge < -0.3 is 9.80 Å². The Kier molecular flexibility index (Phi) is 5.97. The first-order valence-corrected chi connectivity index (χ1v) is 14.8. The lowest BCUT2D eigenvalue weighted by Gasteiger charge is -2.58. The summed E-state index contributed by atoms with van der Waals surface area (Å²) in [7, 11) is 0. The van der Waals surface area contributed by atoms with Gasteiger partial charge in [0.2, 0.25) is 0 Å². The molecular weight excluding hydrogens is 500 g/mol. The number of para-hydroxylation sites is 2. The van der Waals surface area contributed by atoms with Gasteiger partial charge in [0.15, 0.2) is 11.6 Å². The van der Waals surface area contributed by atoms with Crippen LogP contribution in [0.2, 0.25) is 0 Å². The van der Waals surface area contributed by atoms with Crippen LogP contribution in [0.15, 0.2) is 115 Å². The van der Waals surface area contributed by atoms with Gasteiger partial charge in [-0.05, 0) is 36.6 Å². The van der Waals surface area contributed by atoms with Crippen LogP contribution in [0.25, 0.3) is 22.5 Å². The molecule has 0 amide bonds. The molecular formula is C37H36N4. The van der Waals surface area contributed by atoms with Crippen molar-refractivity contribution in [3.63, 3.8) is 0 Å². The third-order valence-electron chi connectivity index (χ3n) is 9.96. The molecule has 1 aromatic heterocycles. The van der Waals surface area contributed by atoms with Crippen molar-refractivity contribution in [3.05, 3.63) is 121 Å². The Morgan fingerprint density at radius 3 is 1.61 bits per heavy atom. The zero-order valence-corrected chi connectivity index (χ0v) is 24.3. The van der Waals surface area contributed by atoms with Crippen molar-refractivity contribution in [1.82, 2.24) is 9.97 Å². The maximum Gasteiger partial charge on any atom is 0.179 e. The fraction of sp³-hybridized carbons (Fsp3) is 0.243. The summed E-state index contributed by atoms with van der Waals surface area (Å²) in [5.74, 6) is 1.83. The van der Waals surface area contributed by atoms with E-state index < -0.39 is 0 Å². The van der Waals surface area contributed by atoms with Crippen LogP contribution in [-0.4, -0.2) is 16.1 Å². The smallest absolute Gasteiger partial charge is 0.179 e. The third-order valence-corrected chi connectivity index (χ3v) is 9.96. The Bertz CT molecular complexity index is 1700. The van der Waals surface area contributed by atoms with E-state index in [9.17, 15) is 0 Å². The van der Waals surface area contributed by atoms with E-state index in [0.29, 0.717) is 0 Å². The minimum Gasteiger partial charge on any atom is -0.301 e. The molecule has 2 aliphatic heterocycles. The van der Waals surface area contributed by atoms with Crippen molar-refractivity contribution < 1.29 is 0 Å². The summed E-state index contributed by atoms with van der Waals surface area (Å²) in [5, 5.41) is 0. The Labute approximate surface area is 243 Å². The van der Waals surface area contributed by atoms with E-state index in [4.69, 9.17) is 9.97 Å². The van der Waals surface area contributed by atoms with Gasteiger partial charge in [0.05, 0.1) is 11.4 Å². The zero-order valence-electron chi connectivity index (χ0n) is 24.3. The summed E-state index contributed by atoms with van der Waals surface area (Å²) in [6.45, 7) is 9.62. The molecule has 0 saturated carbocycles. The zero-order chi connectivity index (χ0) is 28.2. The number of nitrogens with zero attached hydrogens (tertiary/aromatic N) is 4. The number of hydrogen-bond acceptors (Lipinski definition) is 4. The first-order chi connectivity index (χ1) is 20.0. The van der Waals surface area contributed by atoms with E-state index in [2.05, 4.69) is 153 Å². The van der Waals surface area contributed by atoms with Crippen LogP contribution in [-0.2, 0) is 5.41 Å². The summed E-state index contributed by atoms with van der Waals surface area (Å²) < 4.78 is 0. The molecule has 3 unspecified atom stereocenters. The quantitative estimate of drug-likeness (QED) is 0.224. The second-order valence-electron chi connectivity index (χ2n) is 11.7. The summed E-state index contributed by atoms with van der Waals surface area (Å²) >= 11 is 0. The average molecular weight is 537 g/mol. The van der Waals surface area contributed by atoms with Crippen LogP contribution in [0.4, 0.5) is 23.0 Å². The monoisotopic (exact) mass is 536 g/mol. The van der Waals surface area contributed by atoms with Crippen LogP contribution in [0.1, 0.15) is 46.1 Å². The predicted octanol–water partition coefficient (Wildman–Crippen LogP) is 9.52. The fourth-order valence-electron chi connectivity index (χ4n) is 7.26. The first-order valence-electron chi connectivity index (χ1n) is 14.8. The summed E-state index contributed by atoms with van der Waals surface area (Å²) in [5.41, 5.74) is 7.55. The largest absolute Gasteiger partial charge is 0.301 e. The van der Waals surface area contributed by atoms with E-state index >= 15 is 0 Å². The Morgan fingerprint density at radius 1 is 0.585 bits per heavy atom. The van der Waals surface area contributed by atoms with Gasteiger partial charge in [-0.15, -0.1) is 0 Å². The second-order valence-corrected chi connectivity index (χ2v) is 11.7. The molecule has 7 rings (SSSR count). The molecule has 4 nitrogen and oxygen atoms in total. The molecule has 4 aromatic carbocycles. The van der Waals surface area contributed by atoms with E-state index in [-0.39, 0.29) is 17.0 Å². The lowest BCUT2D eigenvalue weighted by atomic mass is 9.55. The predicted molar refractivity (Wildman–Crippen MR) is 170 cm³/mol. The average Bonchev–Trinajstić information content (AvgIpc) is 3.39. The van der Waals surface area contributed by atoms with Gasteiger partial charge in [0.25, 0.3) is 0 Å². The molecule has 0 bridgehead atoms. The molecule has 0 fully saturated rings. The third kappa shape index (κ3) is 3.59. The van der Waals surface area contributed by atoms with Crippen molar-refractivity contribution in [3.8, 4) is 22.5 Å². The van der Waals surface area contributed by atoms with Crippen LogP contribution >= 0.6 is 0 Å². The van der Waals surface area contributed by atoms with Crippen LogP contribution < -0.4 is 9.80 Å². The number of aromatic nitrogens is 2. The molecule has 204 valence electrons. The van der Waals surface area contributed by atoms with Gasteiger partial charge in [-0.1, -0.05) is 125 Å². The highest BCUT2D eigenvalue weighted by atomic mass is 15.5. The van der Waals surface area contributed by atoms with Gasteiger partial charge in [-0.2, -0.15) is 0 Å². The molecule has 5 aromatic rings. The maximum atomic E-state index is 5.55. The van der Waals surface area contributed by atoms with Crippen LogP contribution in [0.5, 0.6) is 0 Å². The molecule has 4 heteroatoms. The van der Waals surface area contributed by atoms with E-state index in [0.717, 1.165) is 52.7 Å². The minimum absolute atomic E-state index is 0.0133. The van der Waals surface area contributed by atoms with Crippen molar-refractivity contribution in [1.29, 1.82) is 0 Å². The minimum atomic E-state index is -0.103. The standard InChI is InChI=1S/C37H36N4/c1-5-36(3)29-24-16-17-25-30(29)41-34-33(40(28-22-14-9-15-23-28)35(41)37(36,4)6-2)38-31(26-18-10-7-11-19-26)32(39-34)27-20-12-8-13-21-27/h7-25,35H,5-6H2,1-4H3. The summed E-state index contributed by atoms with van der Waals surface area (Å²) in [6, 6.07) is 40.7. The van der Waals surface area contributed by atoms with Gasteiger partial charge in [-0.25, -0.2) is 9.97 Å². The van der Waals surface area contributed by atoms with Crippen molar-refractivity contribution in [2.45, 2.75) is 52.1 Å². The highest BCUT2D eigenvalue weighted by molar-refractivity contribution is 5.91. The van der Waals surface area contributed by atoms with Crippen molar-refractivity contribution in [2.75, 3.05) is 9.80 Å². The lowest BCUT2D eigenvalue weighted by Crippen LogP contribution is -2.62. The molecule has 41 heavy (non-hydrogen) atoms. The maximum absolute atomic E-state index is 5.55. The van der Waals surface area contributed by atoms with E-state index in [1.165, 1.54) is 11.3 Å². The lowest BCUT2D eigenvalue weighted by molar-refractivity contribution is 0.0963. The first kappa shape index (κ1) is 25.5. The van der Waals surface area contributed by atoms with Crippen molar-refractivity contribution in [2.24, 2.45) is 5.41 Å². The molecule has 0 saturated heterocycles. The summed E-state index contributed by atoms with van der Waals surface area (Å²) in [6.07, 6.45) is 2.07. The Hall–Kier alpha value is -4.44. The Balaban J connectivity index is 1.59. The fourth-order valence-corrected chi connectivity index (χ4v) is 7.26. The number of hydrogen-bond donors (Lipinski definition) is 0. The summed E-state index contributed by atoms with van der Waals surface area (Å²) in [4.78, 5) is 16.1. The molecule has 0 spiro atoms.